The Labute approximate surface area is 161 Å². The summed E-state index contributed by atoms with van der Waals surface area (Å²) in [6.07, 6.45) is 6.34. The van der Waals surface area contributed by atoms with E-state index in [0.717, 1.165) is 24.5 Å². The van der Waals surface area contributed by atoms with Crippen molar-refractivity contribution in [2.75, 3.05) is 13.1 Å². The molecule has 1 aromatic heterocycles. The fourth-order valence-corrected chi connectivity index (χ4v) is 3.52. The molecular formula is C21H19F2N3O2. The molecule has 144 valence electrons. The molecule has 2 aromatic rings. The number of carbonyl (C=O) groups is 1. The highest BCUT2D eigenvalue weighted by Gasteiger charge is 2.30. The Balaban J connectivity index is 1.49. The van der Waals surface area contributed by atoms with Gasteiger partial charge < -0.3 is 9.64 Å². The Bertz CT molecular complexity index is 928. The summed E-state index contributed by atoms with van der Waals surface area (Å²) in [6.45, 7) is 1.05. The largest absolute Gasteiger partial charge is 0.451 e. The quantitative estimate of drug-likeness (QED) is 0.756. The fourth-order valence-electron chi connectivity index (χ4n) is 3.52. The first-order valence-corrected chi connectivity index (χ1v) is 9.17. The maximum Gasteiger partial charge on any atom is 0.254 e. The number of pyridine rings is 1. The van der Waals surface area contributed by atoms with Crippen LogP contribution in [0.25, 0.3) is 0 Å². The molecule has 0 N–H and O–H groups in total. The first kappa shape index (κ1) is 18.3. The summed E-state index contributed by atoms with van der Waals surface area (Å²) in [5.41, 5.74) is 1.15. The van der Waals surface area contributed by atoms with Crippen LogP contribution in [0.4, 0.5) is 8.78 Å². The minimum Gasteiger partial charge on any atom is -0.451 e. The van der Waals surface area contributed by atoms with E-state index in [9.17, 15) is 13.6 Å². The van der Waals surface area contributed by atoms with Crippen molar-refractivity contribution >= 4 is 11.8 Å². The van der Waals surface area contributed by atoms with Crippen LogP contribution in [-0.2, 0) is 4.74 Å². The van der Waals surface area contributed by atoms with Crippen molar-refractivity contribution in [2.45, 2.75) is 18.9 Å². The van der Waals surface area contributed by atoms with Crippen LogP contribution in [-0.4, -0.2) is 34.8 Å². The first-order chi connectivity index (χ1) is 13.6. The Morgan fingerprint density at radius 1 is 1.18 bits per heavy atom. The first-order valence-electron chi connectivity index (χ1n) is 9.17. The normalized spacial score (nSPS) is 21.8. The van der Waals surface area contributed by atoms with Gasteiger partial charge in [0.05, 0.1) is 18.2 Å². The second-order valence-electron chi connectivity index (χ2n) is 6.87. The van der Waals surface area contributed by atoms with Gasteiger partial charge in [0.15, 0.2) is 5.90 Å². The van der Waals surface area contributed by atoms with Crippen LogP contribution < -0.4 is 0 Å². The molecule has 3 heterocycles. The number of piperidine rings is 1. The SMILES string of the molecule is O=C(c1ccnc(F)c1)N1CCC[C@H](C2=NC(c3ccc(F)cc3)C=CO2)C1. The molecule has 1 saturated heterocycles. The van der Waals surface area contributed by atoms with E-state index < -0.39 is 5.95 Å². The van der Waals surface area contributed by atoms with Gasteiger partial charge in [-0.1, -0.05) is 12.1 Å². The number of halogens is 2. The number of benzene rings is 1. The van der Waals surface area contributed by atoms with Crippen molar-refractivity contribution in [3.8, 4) is 0 Å². The van der Waals surface area contributed by atoms with E-state index in [1.807, 2.05) is 6.08 Å². The molecule has 1 fully saturated rings. The molecule has 0 spiro atoms. The molecule has 1 unspecified atom stereocenters. The minimum atomic E-state index is -0.674. The van der Waals surface area contributed by atoms with Crippen LogP contribution in [0.5, 0.6) is 0 Å². The number of rotatable bonds is 3. The highest BCUT2D eigenvalue weighted by atomic mass is 19.1. The maximum atomic E-state index is 13.3. The third kappa shape index (κ3) is 3.93. The number of nitrogens with zero attached hydrogens (tertiary/aromatic N) is 3. The Kier molecular flexibility index (Phi) is 5.14. The zero-order valence-electron chi connectivity index (χ0n) is 15.1. The molecule has 0 saturated carbocycles. The standard InChI is InChI=1S/C21H19F2N3O2/c22-17-5-3-14(4-6-17)18-8-11-28-20(25-18)16-2-1-10-26(13-16)21(27)15-7-9-24-19(23)12-15/h3-9,11-12,16,18H,1-2,10,13H2/t16-,18?/m0/s1. The van der Waals surface area contributed by atoms with Gasteiger partial charge in [-0.05, 0) is 42.7 Å². The number of amides is 1. The van der Waals surface area contributed by atoms with E-state index in [2.05, 4.69) is 9.98 Å². The van der Waals surface area contributed by atoms with Gasteiger partial charge in [0.2, 0.25) is 5.95 Å². The summed E-state index contributed by atoms with van der Waals surface area (Å²) in [5, 5.41) is 0. The third-order valence-electron chi connectivity index (χ3n) is 4.96. The predicted molar refractivity (Wildman–Crippen MR) is 99.6 cm³/mol. The summed E-state index contributed by atoms with van der Waals surface area (Å²) >= 11 is 0. The lowest BCUT2D eigenvalue weighted by Crippen LogP contribution is -2.43. The van der Waals surface area contributed by atoms with Crippen LogP contribution in [0.15, 0.2) is 59.9 Å². The van der Waals surface area contributed by atoms with Crippen molar-refractivity contribution in [3.63, 3.8) is 0 Å². The lowest BCUT2D eigenvalue weighted by Gasteiger charge is -2.33. The maximum absolute atomic E-state index is 13.3. The van der Waals surface area contributed by atoms with E-state index in [-0.39, 0.29) is 29.2 Å². The van der Waals surface area contributed by atoms with Gasteiger partial charge in [-0.2, -0.15) is 4.39 Å². The number of hydrogen-bond acceptors (Lipinski definition) is 4. The van der Waals surface area contributed by atoms with Crippen LogP contribution in [0.2, 0.25) is 0 Å². The van der Waals surface area contributed by atoms with E-state index in [1.54, 1.807) is 23.3 Å². The minimum absolute atomic E-state index is 0.0442. The molecule has 1 amide bonds. The van der Waals surface area contributed by atoms with E-state index in [0.29, 0.717) is 19.0 Å². The summed E-state index contributed by atoms with van der Waals surface area (Å²) in [4.78, 5) is 22.5. The molecule has 7 heteroatoms. The lowest BCUT2D eigenvalue weighted by molar-refractivity contribution is 0.0695. The molecule has 1 aromatic carbocycles. The van der Waals surface area contributed by atoms with Crippen molar-refractivity contribution in [3.05, 3.63) is 77.8 Å². The van der Waals surface area contributed by atoms with Crippen molar-refractivity contribution in [1.82, 2.24) is 9.88 Å². The van der Waals surface area contributed by atoms with Gasteiger partial charge in [-0.25, -0.2) is 14.4 Å². The monoisotopic (exact) mass is 383 g/mol. The Morgan fingerprint density at radius 3 is 2.79 bits per heavy atom. The van der Waals surface area contributed by atoms with Crippen molar-refractivity contribution in [2.24, 2.45) is 10.9 Å². The molecule has 0 bridgehead atoms. The molecule has 5 nitrogen and oxygen atoms in total. The topological polar surface area (TPSA) is 54.8 Å². The van der Waals surface area contributed by atoms with Gasteiger partial charge in [0.1, 0.15) is 5.82 Å². The molecule has 0 aliphatic carbocycles. The van der Waals surface area contributed by atoms with Gasteiger partial charge in [0, 0.05) is 30.9 Å². The number of ether oxygens (including phenoxy) is 1. The molecular weight excluding hydrogens is 364 g/mol. The highest BCUT2D eigenvalue weighted by molar-refractivity contribution is 5.94. The summed E-state index contributed by atoms with van der Waals surface area (Å²) < 4.78 is 32.1. The van der Waals surface area contributed by atoms with Crippen LogP contribution in [0.3, 0.4) is 0 Å². The highest BCUT2D eigenvalue weighted by Crippen LogP contribution is 2.27. The molecule has 2 aliphatic rings. The lowest BCUT2D eigenvalue weighted by atomic mass is 9.96. The van der Waals surface area contributed by atoms with Gasteiger partial charge in [0.25, 0.3) is 5.91 Å². The van der Waals surface area contributed by atoms with E-state index in [1.165, 1.54) is 24.4 Å². The van der Waals surface area contributed by atoms with E-state index in [4.69, 9.17) is 4.74 Å². The Morgan fingerprint density at radius 2 is 2.00 bits per heavy atom. The third-order valence-corrected chi connectivity index (χ3v) is 4.96. The fraction of sp³-hybridized carbons (Fsp3) is 0.286. The Hall–Kier alpha value is -3.09. The number of aliphatic imine (C=N–C) groups is 1. The van der Waals surface area contributed by atoms with Crippen LogP contribution in [0, 0.1) is 17.7 Å². The molecule has 0 radical (unpaired) electrons. The molecule has 2 atom stereocenters. The van der Waals surface area contributed by atoms with Crippen molar-refractivity contribution < 1.29 is 18.3 Å². The average Bonchev–Trinajstić information content (AvgIpc) is 2.74. The van der Waals surface area contributed by atoms with Gasteiger partial charge in [-0.15, -0.1) is 0 Å². The zero-order valence-corrected chi connectivity index (χ0v) is 15.1. The summed E-state index contributed by atoms with van der Waals surface area (Å²) in [7, 11) is 0. The number of carbonyl (C=O) groups excluding carboxylic acids is 1. The van der Waals surface area contributed by atoms with Gasteiger partial charge >= 0.3 is 0 Å². The van der Waals surface area contributed by atoms with Gasteiger partial charge in [-0.3, -0.25) is 4.79 Å². The zero-order chi connectivity index (χ0) is 19.5. The molecule has 4 rings (SSSR count). The number of likely N-dealkylation sites (tertiary alicyclic amines) is 1. The van der Waals surface area contributed by atoms with Crippen molar-refractivity contribution in [1.29, 1.82) is 0 Å². The second kappa shape index (κ2) is 7.88. The summed E-state index contributed by atoms with van der Waals surface area (Å²) in [6, 6.07) is 8.62. The van der Waals surface area contributed by atoms with Crippen LogP contribution >= 0.6 is 0 Å². The molecule has 28 heavy (non-hydrogen) atoms. The smallest absolute Gasteiger partial charge is 0.254 e. The number of aromatic nitrogens is 1. The summed E-state index contributed by atoms with van der Waals surface area (Å²) in [5.74, 6) is -0.676. The van der Waals surface area contributed by atoms with Crippen LogP contribution in [0.1, 0.15) is 34.8 Å². The average molecular weight is 383 g/mol. The number of hydrogen-bond donors (Lipinski definition) is 0. The molecule has 2 aliphatic heterocycles. The van der Waals surface area contributed by atoms with E-state index >= 15 is 0 Å². The predicted octanol–water partition coefficient (Wildman–Crippen LogP) is 3.90. The second-order valence-corrected chi connectivity index (χ2v) is 6.87.